The maximum Gasteiger partial charge on any atom is 0.321 e. The number of carbonyl (C=O) groups excluding carboxylic acids is 1. The molecular weight excluding hydrogens is 270 g/mol. The Morgan fingerprint density at radius 2 is 2.06 bits per heavy atom. The third-order valence-corrected chi connectivity index (χ3v) is 3.02. The molecule has 1 aromatic carbocycles. The molecule has 0 aliphatic heterocycles. The van der Waals surface area contributed by atoms with E-state index in [0.717, 1.165) is 4.47 Å². The van der Waals surface area contributed by atoms with Gasteiger partial charge in [0.25, 0.3) is 0 Å². The molecule has 0 aliphatic rings. The zero-order valence-electron chi connectivity index (χ0n) is 9.71. The van der Waals surface area contributed by atoms with Crippen molar-refractivity contribution in [1.29, 1.82) is 0 Å². The predicted octanol–water partition coefficient (Wildman–Crippen LogP) is 2.79. The fraction of sp³-hybridized carbons (Fsp3) is 0.417. The van der Waals surface area contributed by atoms with Crippen molar-refractivity contribution in [3.63, 3.8) is 0 Å². The molecular formula is C12H16BrNO2. The van der Waals surface area contributed by atoms with E-state index in [2.05, 4.69) is 41.3 Å². The van der Waals surface area contributed by atoms with Crippen LogP contribution in [0.2, 0.25) is 0 Å². The maximum absolute atomic E-state index is 10.6. The maximum atomic E-state index is 10.6. The van der Waals surface area contributed by atoms with Crippen LogP contribution in [0.25, 0.3) is 0 Å². The number of carbonyl (C=O) groups is 1. The van der Waals surface area contributed by atoms with E-state index in [1.807, 2.05) is 18.2 Å². The average Bonchev–Trinajstić information content (AvgIpc) is 2.17. The molecule has 0 saturated heterocycles. The Hall–Kier alpha value is -0.870. The van der Waals surface area contributed by atoms with Gasteiger partial charge in [-0.1, -0.05) is 48.0 Å². The molecule has 16 heavy (non-hydrogen) atoms. The van der Waals surface area contributed by atoms with Crippen molar-refractivity contribution in [2.45, 2.75) is 26.2 Å². The molecule has 0 spiro atoms. The minimum atomic E-state index is -0.331. The third kappa shape index (κ3) is 3.61. The molecule has 4 heteroatoms. The summed E-state index contributed by atoms with van der Waals surface area (Å²) in [5, 5.41) is 0. The van der Waals surface area contributed by atoms with Crippen LogP contribution in [0, 0.1) is 0 Å². The van der Waals surface area contributed by atoms with Crippen LogP contribution in [0.15, 0.2) is 28.7 Å². The highest BCUT2D eigenvalue weighted by Gasteiger charge is 2.22. The second-order valence-electron chi connectivity index (χ2n) is 4.28. The number of rotatable bonds is 4. The highest BCUT2D eigenvalue weighted by Crippen LogP contribution is 2.29. The van der Waals surface area contributed by atoms with E-state index in [1.54, 1.807) is 0 Å². The molecule has 0 heterocycles. The molecule has 1 rings (SSSR count). The molecule has 1 aromatic rings. The monoisotopic (exact) mass is 285 g/mol. The van der Waals surface area contributed by atoms with Gasteiger partial charge in [0.2, 0.25) is 0 Å². The summed E-state index contributed by atoms with van der Waals surface area (Å²) in [5.41, 5.74) is 3.74. The zero-order chi connectivity index (χ0) is 12.2. The van der Waals surface area contributed by atoms with Crippen LogP contribution in [0.1, 0.15) is 26.3 Å². The summed E-state index contributed by atoms with van der Waals surface area (Å²) in [6, 6.07) is 8.03. The predicted molar refractivity (Wildman–Crippen MR) is 66.9 cm³/mol. The van der Waals surface area contributed by atoms with E-state index in [-0.39, 0.29) is 11.4 Å². The van der Waals surface area contributed by atoms with E-state index in [9.17, 15) is 4.79 Å². The molecule has 0 aliphatic carbocycles. The smallest absolute Gasteiger partial charge is 0.321 e. The third-order valence-electron chi connectivity index (χ3n) is 2.33. The van der Waals surface area contributed by atoms with Crippen LogP contribution in [-0.4, -0.2) is 12.5 Å². The number of hydroxylamine groups is 1. The Morgan fingerprint density at radius 3 is 2.62 bits per heavy atom. The van der Waals surface area contributed by atoms with Gasteiger partial charge in [-0.2, -0.15) is 5.48 Å². The highest BCUT2D eigenvalue weighted by molar-refractivity contribution is 9.10. The van der Waals surface area contributed by atoms with E-state index in [1.165, 1.54) is 12.5 Å². The summed E-state index contributed by atoms with van der Waals surface area (Å²) in [4.78, 5) is 15.4. The van der Waals surface area contributed by atoms with Gasteiger partial charge in [0, 0.05) is 23.4 Å². The molecule has 0 unspecified atom stereocenters. The van der Waals surface area contributed by atoms with E-state index < -0.39 is 0 Å². The lowest BCUT2D eigenvalue weighted by Crippen LogP contribution is -2.34. The molecule has 0 amide bonds. The lowest BCUT2D eigenvalue weighted by molar-refractivity contribution is -0.148. The molecule has 0 radical (unpaired) electrons. The Labute approximate surface area is 104 Å². The standard InChI is InChI=1S/C12H16BrNO2/c1-9(15)16-14-8-12(2,3)10-6-4-5-7-11(10)13/h4-7,14H,8H2,1-3H3. The molecule has 0 aromatic heterocycles. The number of benzene rings is 1. The second-order valence-corrected chi connectivity index (χ2v) is 5.13. The van der Waals surface area contributed by atoms with Crippen molar-refractivity contribution in [3.8, 4) is 0 Å². The van der Waals surface area contributed by atoms with Crippen molar-refractivity contribution < 1.29 is 9.63 Å². The largest absolute Gasteiger partial charge is 0.371 e. The van der Waals surface area contributed by atoms with Gasteiger partial charge >= 0.3 is 5.97 Å². The molecule has 0 fully saturated rings. The van der Waals surface area contributed by atoms with Crippen LogP contribution in [0.4, 0.5) is 0 Å². The summed E-state index contributed by atoms with van der Waals surface area (Å²) >= 11 is 3.52. The summed E-state index contributed by atoms with van der Waals surface area (Å²) in [5.74, 6) is -0.331. The zero-order valence-corrected chi connectivity index (χ0v) is 11.3. The van der Waals surface area contributed by atoms with E-state index in [0.29, 0.717) is 6.54 Å². The van der Waals surface area contributed by atoms with Gasteiger partial charge in [-0.15, -0.1) is 0 Å². The van der Waals surface area contributed by atoms with Crippen LogP contribution in [0.5, 0.6) is 0 Å². The van der Waals surface area contributed by atoms with Gasteiger partial charge in [0.15, 0.2) is 0 Å². The fourth-order valence-corrected chi connectivity index (χ4v) is 2.24. The van der Waals surface area contributed by atoms with Crippen molar-refractivity contribution >= 4 is 21.9 Å². The normalized spacial score (nSPS) is 11.2. The number of halogens is 1. The van der Waals surface area contributed by atoms with E-state index in [4.69, 9.17) is 4.84 Å². The van der Waals surface area contributed by atoms with Crippen molar-refractivity contribution in [1.82, 2.24) is 5.48 Å². The molecule has 1 N–H and O–H groups in total. The Morgan fingerprint density at radius 1 is 1.44 bits per heavy atom. The summed E-state index contributed by atoms with van der Waals surface area (Å²) < 4.78 is 1.06. The lowest BCUT2D eigenvalue weighted by atomic mass is 9.85. The van der Waals surface area contributed by atoms with Crippen molar-refractivity contribution in [3.05, 3.63) is 34.3 Å². The molecule has 3 nitrogen and oxygen atoms in total. The summed E-state index contributed by atoms with van der Waals surface area (Å²) in [7, 11) is 0. The fourth-order valence-electron chi connectivity index (χ4n) is 1.42. The number of hydrogen-bond acceptors (Lipinski definition) is 3. The van der Waals surface area contributed by atoms with Crippen LogP contribution < -0.4 is 5.48 Å². The van der Waals surface area contributed by atoms with E-state index >= 15 is 0 Å². The molecule has 88 valence electrons. The Bertz CT molecular complexity index is 377. The topological polar surface area (TPSA) is 38.3 Å². The van der Waals surface area contributed by atoms with Crippen LogP contribution in [-0.2, 0) is 15.0 Å². The van der Waals surface area contributed by atoms with Gasteiger partial charge in [-0.3, -0.25) is 4.79 Å². The first-order valence-corrected chi connectivity index (χ1v) is 5.88. The first kappa shape index (κ1) is 13.2. The van der Waals surface area contributed by atoms with Crippen LogP contribution >= 0.6 is 15.9 Å². The first-order valence-electron chi connectivity index (χ1n) is 5.09. The molecule has 0 bridgehead atoms. The van der Waals surface area contributed by atoms with Gasteiger partial charge in [0.1, 0.15) is 0 Å². The van der Waals surface area contributed by atoms with Gasteiger partial charge in [-0.25, -0.2) is 0 Å². The number of nitrogens with one attached hydrogen (secondary N) is 1. The number of hydrogen-bond donors (Lipinski definition) is 1. The Kier molecular flexibility index (Phi) is 4.50. The first-order chi connectivity index (χ1) is 7.43. The lowest BCUT2D eigenvalue weighted by Gasteiger charge is -2.26. The SMILES string of the molecule is CC(=O)ONCC(C)(C)c1ccccc1Br. The average molecular weight is 286 g/mol. The van der Waals surface area contributed by atoms with Gasteiger partial charge in [-0.05, 0) is 11.6 Å². The quantitative estimate of drug-likeness (QED) is 0.865. The minimum Gasteiger partial charge on any atom is -0.371 e. The second kappa shape index (κ2) is 5.46. The molecule has 0 saturated carbocycles. The van der Waals surface area contributed by atoms with Crippen molar-refractivity contribution in [2.24, 2.45) is 0 Å². The van der Waals surface area contributed by atoms with Gasteiger partial charge in [0.05, 0.1) is 0 Å². The minimum absolute atomic E-state index is 0.116. The van der Waals surface area contributed by atoms with Gasteiger partial charge < -0.3 is 4.84 Å². The van der Waals surface area contributed by atoms with Crippen molar-refractivity contribution in [2.75, 3.05) is 6.54 Å². The molecule has 0 atom stereocenters. The highest BCUT2D eigenvalue weighted by atomic mass is 79.9. The Balaban J connectivity index is 2.70. The summed E-state index contributed by atoms with van der Waals surface area (Å²) in [6.45, 7) is 6.11. The summed E-state index contributed by atoms with van der Waals surface area (Å²) in [6.07, 6.45) is 0. The van der Waals surface area contributed by atoms with Crippen LogP contribution in [0.3, 0.4) is 0 Å².